The van der Waals surface area contributed by atoms with E-state index >= 15 is 0 Å². The second-order valence-electron chi connectivity index (χ2n) is 6.83. The van der Waals surface area contributed by atoms with Crippen LogP contribution in [0, 0.1) is 16.6 Å². The molecule has 0 aromatic heterocycles. The van der Waals surface area contributed by atoms with E-state index in [0.717, 1.165) is 5.92 Å². The molecule has 27 heavy (non-hydrogen) atoms. The molecule has 5 nitrogen and oxygen atoms in total. The number of nitrogens with zero attached hydrogens (tertiary/aromatic N) is 1. The number of anilines is 1. The van der Waals surface area contributed by atoms with Crippen molar-refractivity contribution in [2.75, 3.05) is 5.32 Å². The fraction of sp³-hybridized carbons (Fsp3) is 0.350. The molecule has 7 heteroatoms. The number of hydrogen-bond acceptors (Lipinski definition) is 4. The fourth-order valence-corrected chi connectivity index (χ4v) is 4.51. The number of benzene rings is 2. The third kappa shape index (κ3) is 5.27. The summed E-state index contributed by atoms with van der Waals surface area (Å²) in [5, 5.41) is 4.26. The Labute approximate surface area is 168 Å². The number of halogens is 1. The molecular formula is C20H24FN3O2Zn+. The molecule has 0 aliphatic carbocycles. The molecule has 0 spiro atoms. The van der Waals surface area contributed by atoms with E-state index in [9.17, 15) is 14.1 Å². The first kappa shape index (κ1) is 21.3. The molecule has 3 rings (SSSR count). The zero-order valence-electron chi connectivity index (χ0n) is 15.7. The van der Waals surface area contributed by atoms with Crippen molar-refractivity contribution in [2.24, 2.45) is 11.7 Å². The normalized spacial score (nSPS) is 18.9. The van der Waals surface area contributed by atoms with Gasteiger partial charge in [-0.1, -0.05) is 36.4 Å². The first-order valence-corrected chi connectivity index (χ1v) is 11.1. The molecule has 0 saturated carbocycles. The molecule has 0 amide bonds. The van der Waals surface area contributed by atoms with Gasteiger partial charge in [-0.2, -0.15) is 0 Å². The number of Topliss-reactive ketones (excluding diaryl/α,β-unsaturated/α-hetero) is 1. The van der Waals surface area contributed by atoms with Gasteiger partial charge < -0.3 is 5.32 Å². The van der Waals surface area contributed by atoms with Gasteiger partial charge in [-0.15, -0.1) is 0 Å². The van der Waals surface area contributed by atoms with Crippen LogP contribution in [0.25, 0.3) is 0 Å². The Balaban J connectivity index is 0.000000380. The molecule has 2 aromatic rings. The maximum absolute atomic E-state index is 14.0. The molecular weight excluding hydrogens is 399 g/mol. The molecule has 1 aliphatic heterocycles. The number of nitrogens with one attached hydrogen (secondary N) is 1. The van der Waals surface area contributed by atoms with Gasteiger partial charge in [0.2, 0.25) is 5.78 Å². The molecule has 2 unspecified atom stereocenters. The molecule has 2 atom stereocenters. The predicted molar refractivity (Wildman–Crippen MR) is 99.7 cm³/mol. The van der Waals surface area contributed by atoms with Gasteiger partial charge in [0, 0.05) is 11.0 Å². The predicted octanol–water partition coefficient (Wildman–Crippen LogP) is 4.25. The minimum atomic E-state index is -1.38. The van der Waals surface area contributed by atoms with Gasteiger partial charge in [-0.25, -0.2) is 4.39 Å². The number of rotatable bonds is 3. The van der Waals surface area contributed by atoms with E-state index < -0.39 is 23.8 Å². The Morgan fingerprint density at radius 3 is 2.41 bits per heavy atom. The maximum Gasteiger partial charge on any atom is 0.320 e. The Hall–Kier alpha value is -1.98. The van der Waals surface area contributed by atoms with Crippen LogP contribution in [-0.2, 0) is 23.1 Å². The summed E-state index contributed by atoms with van der Waals surface area (Å²) in [7, 11) is 0. The smallest absolute Gasteiger partial charge is 0.320 e. The maximum atomic E-state index is 14.0. The molecule has 0 bridgehead atoms. The molecule has 139 valence electrons. The summed E-state index contributed by atoms with van der Waals surface area (Å²) in [5.41, 5.74) is 6.35. The molecule has 3 N–H and O–H groups in total. The van der Waals surface area contributed by atoms with Crippen molar-refractivity contribution >= 4 is 17.2 Å². The van der Waals surface area contributed by atoms with Crippen molar-refractivity contribution in [1.29, 1.82) is 0 Å². The number of nitroso groups, excluding NO2 is 1. The van der Waals surface area contributed by atoms with Crippen LogP contribution < -0.4 is 11.1 Å². The number of fused-ring (bicyclic) bond motifs is 1. The topological polar surface area (TPSA) is 75.2 Å². The summed E-state index contributed by atoms with van der Waals surface area (Å²) >= 11 is 1.47. The molecule has 1 heterocycles. The van der Waals surface area contributed by atoms with Gasteiger partial charge in [-0.05, 0) is 11.6 Å². The van der Waals surface area contributed by atoms with Gasteiger partial charge in [-0.3, -0.25) is 10.5 Å². The van der Waals surface area contributed by atoms with E-state index in [-0.39, 0.29) is 11.4 Å². The minimum Gasteiger partial charge on any atom is -0.363 e. The number of nitrogens with two attached hydrogens (primary N) is 1. The standard InChI is InChI=1S/C15H13FN3O2.C5H11.Zn/c16-10-7-4-8-11-13(10)18-12(9-5-2-1-3-6-9)14(20)15(17)19(11)21;1-4-5(2)3;/h1-8,12,15,18H,17H2;5H,1,4H2,2-3H3;/q+1;;. The van der Waals surface area contributed by atoms with Gasteiger partial charge in [0.25, 0.3) is 5.69 Å². The van der Waals surface area contributed by atoms with Crippen LogP contribution in [-0.4, -0.2) is 16.7 Å². The zero-order valence-corrected chi connectivity index (χ0v) is 18.7. The summed E-state index contributed by atoms with van der Waals surface area (Å²) < 4.78 is 14.3. The Morgan fingerprint density at radius 1 is 1.19 bits per heavy atom. The van der Waals surface area contributed by atoms with E-state index in [4.69, 9.17) is 5.73 Å². The SMILES string of the molecule is CC(C)C[CH2][Zn].NC1C(=O)C(c2ccccc2)Nc2c(F)cccc2[N+]1=O. The van der Waals surface area contributed by atoms with Gasteiger partial charge >= 0.3 is 55.7 Å². The summed E-state index contributed by atoms with van der Waals surface area (Å²) in [4.78, 5) is 24.5. The van der Waals surface area contributed by atoms with Crippen LogP contribution in [0.1, 0.15) is 31.9 Å². The Kier molecular flexibility index (Phi) is 7.75. The summed E-state index contributed by atoms with van der Waals surface area (Å²) in [6.45, 7) is 4.55. The van der Waals surface area contributed by atoms with Gasteiger partial charge in [0.1, 0.15) is 11.7 Å². The van der Waals surface area contributed by atoms with Crippen molar-refractivity contribution in [3.63, 3.8) is 0 Å². The van der Waals surface area contributed by atoms with Crippen LogP contribution in [0.4, 0.5) is 15.8 Å². The van der Waals surface area contributed by atoms with Crippen LogP contribution in [0.15, 0.2) is 48.5 Å². The van der Waals surface area contributed by atoms with Crippen LogP contribution in [0.5, 0.6) is 0 Å². The molecule has 0 fully saturated rings. The number of carbonyl (C=O) groups excluding carboxylic acids is 1. The number of hydrogen-bond donors (Lipinski definition) is 2. The molecule has 0 saturated heterocycles. The first-order chi connectivity index (χ1) is 12.9. The molecule has 2 aromatic carbocycles. The average molecular weight is 423 g/mol. The number of ketones is 1. The van der Waals surface area contributed by atoms with E-state index in [2.05, 4.69) is 19.2 Å². The Bertz CT molecular complexity index is 799. The molecule has 1 aliphatic rings. The first-order valence-electron chi connectivity index (χ1n) is 9.01. The van der Waals surface area contributed by atoms with E-state index in [1.807, 2.05) is 0 Å². The van der Waals surface area contributed by atoms with Crippen molar-refractivity contribution in [3.8, 4) is 0 Å². The van der Waals surface area contributed by atoms with Crippen LogP contribution in [0.3, 0.4) is 0 Å². The Morgan fingerprint density at radius 2 is 1.85 bits per heavy atom. The van der Waals surface area contributed by atoms with E-state index in [0.29, 0.717) is 10.3 Å². The van der Waals surface area contributed by atoms with Crippen molar-refractivity contribution in [3.05, 3.63) is 64.8 Å². The zero-order chi connectivity index (χ0) is 20.0. The van der Waals surface area contributed by atoms with Crippen molar-refractivity contribution in [2.45, 2.75) is 37.5 Å². The van der Waals surface area contributed by atoms with Crippen LogP contribution >= 0.6 is 0 Å². The second-order valence-corrected chi connectivity index (χ2v) is 8.31. The third-order valence-corrected chi connectivity index (χ3v) is 5.12. The van der Waals surface area contributed by atoms with Crippen molar-refractivity contribution < 1.29 is 32.2 Å². The fourth-order valence-electron chi connectivity index (χ4n) is 2.79. The monoisotopic (exact) mass is 421 g/mol. The second kappa shape index (κ2) is 9.81. The minimum absolute atomic E-state index is 0.0114. The van der Waals surface area contributed by atoms with Gasteiger partial charge in [0.05, 0.1) is 4.76 Å². The number of para-hydroxylation sites is 1. The summed E-state index contributed by atoms with van der Waals surface area (Å²) in [6.07, 6.45) is 0.0470. The summed E-state index contributed by atoms with van der Waals surface area (Å²) in [6, 6.07) is 12.0. The van der Waals surface area contributed by atoms with E-state index in [1.165, 1.54) is 47.9 Å². The van der Waals surface area contributed by atoms with Crippen molar-refractivity contribution in [1.82, 2.24) is 0 Å². The summed E-state index contributed by atoms with van der Waals surface area (Å²) in [5.74, 6) is -0.179. The quantitative estimate of drug-likeness (QED) is 0.572. The molecule has 0 radical (unpaired) electrons. The van der Waals surface area contributed by atoms with Crippen LogP contribution in [0.2, 0.25) is 5.02 Å². The average Bonchev–Trinajstić information content (AvgIpc) is 2.75. The largest absolute Gasteiger partial charge is 0.363 e. The van der Waals surface area contributed by atoms with E-state index in [1.54, 1.807) is 30.3 Å². The third-order valence-electron chi connectivity index (χ3n) is 4.26. The number of carbonyl (C=O) groups is 1. The van der Waals surface area contributed by atoms with Gasteiger partial charge in [0.15, 0.2) is 5.82 Å².